The van der Waals surface area contributed by atoms with Crippen molar-refractivity contribution in [3.63, 3.8) is 0 Å². The van der Waals surface area contributed by atoms with Crippen LogP contribution in [0, 0.1) is 23.0 Å². The van der Waals surface area contributed by atoms with Gasteiger partial charge in [0.25, 0.3) is 10.0 Å². The van der Waals surface area contributed by atoms with Crippen molar-refractivity contribution in [1.82, 2.24) is 4.98 Å². The highest BCUT2D eigenvalue weighted by Crippen LogP contribution is 2.23. The maximum Gasteiger partial charge on any atom is 0.264 e. The highest BCUT2D eigenvalue weighted by Gasteiger charge is 2.22. The number of halogens is 2. The predicted molar refractivity (Wildman–Crippen MR) is 66.1 cm³/mol. The molecule has 20 heavy (non-hydrogen) atoms. The first-order chi connectivity index (χ1) is 9.45. The Hall–Kier alpha value is -2.53. The molecule has 0 aliphatic rings. The van der Waals surface area contributed by atoms with Crippen molar-refractivity contribution in [2.45, 2.75) is 4.90 Å². The minimum atomic E-state index is -4.32. The number of para-hydroxylation sites is 1. The van der Waals surface area contributed by atoms with E-state index in [2.05, 4.69) is 4.98 Å². The summed E-state index contributed by atoms with van der Waals surface area (Å²) in [4.78, 5) is 3.13. The fourth-order valence-electron chi connectivity index (χ4n) is 1.48. The SMILES string of the molecule is N#Cc1ncccc1S(=O)(=O)Nc1c(F)cccc1F. The summed E-state index contributed by atoms with van der Waals surface area (Å²) in [5.74, 6) is -2.12. The summed E-state index contributed by atoms with van der Waals surface area (Å²) >= 11 is 0. The first kappa shape index (κ1) is 13.9. The summed E-state index contributed by atoms with van der Waals surface area (Å²) < 4.78 is 52.7. The minimum Gasteiger partial charge on any atom is -0.274 e. The van der Waals surface area contributed by atoms with Gasteiger partial charge in [-0.2, -0.15) is 5.26 Å². The van der Waals surface area contributed by atoms with Crippen LogP contribution in [-0.2, 0) is 10.0 Å². The van der Waals surface area contributed by atoms with Crippen LogP contribution >= 0.6 is 0 Å². The molecule has 0 aliphatic carbocycles. The van der Waals surface area contributed by atoms with Gasteiger partial charge in [0.05, 0.1) is 0 Å². The number of nitrogens with one attached hydrogen (secondary N) is 1. The predicted octanol–water partition coefficient (Wildman–Crippen LogP) is 2.03. The maximum absolute atomic E-state index is 13.4. The lowest BCUT2D eigenvalue weighted by molar-refractivity contribution is 0.582. The van der Waals surface area contributed by atoms with Gasteiger partial charge in [-0.3, -0.25) is 4.72 Å². The molecule has 2 rings (SSSR count). The van der Waals surface area contributed by atoms with Gasteiger partial charge in [0.2, 0.25) is 0 Å². The highest BCUT2D eigenvalue weighted by atomic mass is 32.2. The van der Waals surface area contributed by atoms with E-state index in [-0.39, 0.29) is 5.69 Å². The zero-order valence-electron chi connectivity index (χ0n) is 9.84. The largest absolute Gasteiger partial charge is 0.274 e. The molecule has 0 fully saturated rings. The van der Waals surface area contributed by atoms with Crippen molar-refractivity contribution < 1.29 is 17.2 Å². The van der Waals surface area contributed by atoms with Crippen molar-refractivity contribution in [2.24, 2.45) is 0 Å². The molecule has 1 aromatic carbocycles. The number of benzene rings is 1. The van der Waals surface area contributed by atoms with E-state index in [0.29, 0.717) is 0 Å². The quantitative estimate of drug-likeness (QED) is 0.939. The summed E-state index contributed by atoms with van der Waals surface area (Å²) in [7, 11) is -4.32. The number of hydrogen-bond donors (Lipinski definition) is 1. The number of hydrogen-bond acceptors (Lipinski definition) is 4. The minimum absolute atomic E-state index is 0.364. The summed E-state index contributed by atoms with van der Waals surface area (Å²) in [5, 5.41) is 8.80. The Morgan fingerprint density at radius 2 is 1.80 bits per heavy atom. The van der Waals surface area contributed by atoms with Gasteiger partial charge in [-0.15, -0.1) is 0 Å². The zero-order valence-corrected chi connectivity index (χ0v) is 10.7. The number of pyridine rings is 1. The lowest BCUT2D eigenvalue weighted by Gasteiger charge is -2.10. The van der Waals surface area contributed by atoms with E-state index < -0.39 is 32.2 Å². The average Bonchev–Trinajstić information content (AvgIpc) is 2.43. The number of nitrogens with zero attached hydrogens (tertiary/aromatic N) is 2. The van der Waals surface area contributed by atoms with E-state index in [4.69, 9.17) is 5.26 Å². The van der Waals surface area contributed by atoms with Crippen molar-refractivity contribution in [3.8, 4) is 6.07 Å². The molecule has 0 aliphatic heterocycles. The molecule has 102 valence electrons. The van der Waals surface area contributed by atoms with Crippen LogP contribution in [0.2, 0.25) is 0 Å². The van der Waals surface area contributed by atoms with Gasteiger partial charge in [0.1, 0.15) is 28.3 Å². The molecule has 0 radical (unpaired) electrons. The highest BCUT2D eigenvalue weighted by molar-refractivity contribution is 7.92. The normalized spacial score (nSPS) is 10.8. The molecular formula is C12H7F2N3O2S. The van der Waals surface area contributed by atoms with Crippen molar-refractivity contribution in [3.05, 3.63) is 53.9 Å². The first-order valence-electron chi connectivity index (χ1n) is 5.27. The summed E-state index contributed by atoms with van der Waals surface area (Å²) in [6.45, 7) is 0. The monoisotopic (exact) mass is 295 g/mol. The third-order valence-electron chi connectivity index (χ3n) is 2.37. The van der Waals surface area contributed by atoms with Gasteiger partial charge in [-0.05, 0) is 24.3 Å². The van der Waals surface area contributed by atoms with Crippen LogP contribution in [0.25, 0.3) is 0 Å². The molecule has 1 heterocycles. The fraction of sp³-hybridized carbons (Fsp3) is 0. The van der Waals surface area contributed by atoms with E-state index in [1.807, 2.05) is 0 Å². The zero-order chi connectivity index (χ0) is 14.8. The molecule has 0 spiro atoms. The lowest BCUT2D eigenvalue weighted by Crippen LogP contribution is -2.16. The average molecular weight is 295 g/mol. The second-order valence-corrected chi connectivity index (χ2v) is 5.31. The first-order valence-corrected chi connectivity index (χ1v) is 6.76. The molecule has 1 N–H and O–H groups in total. The molecule has 0 unspecified atom stereocenters. The molecule has 8 heteroatoms. The van der Waals surface area contributed by atoms with Crippen molar-refractivity contribution in [2.75, 3.05) is 4.72 Å². The van der Waals surface area contributed by atoms with Crippen LogP contribution in [-0.4, -0.2) is 13.4 Å². The van der Waals surface area contributed by atoms with Gasteiger partial charge in [0, 0.05) is 6.20 Å². The van der Waals surface area contributed by atoms with E-state index >= 15 is 0 Å². The van der Waals surface area contributed by atoms with Gasteiger partial charge in [0.15, 0.2) is 5.69 Å². The number of aromatic nitrogens is 1. The fourth-order valence-corrected chi connectivity index (χ4v) is 2.66. The van der Waals surface area contributed by atoms with Gasteiger partial charge >= 0.3 is 0 Å². The molecule has 0 atom stereocenters. The van der Waals surface area contributed by atoms with Crippen LogP contribution < -0.4 is 4.72 Å². The third-order valence-corrected chi connectivity index (χ3v) is 3.75. The van der Waals surface area contributed by atoms with Crippen LogP contribution in [0.5, 0.6) is 0 Å². The Morgan fingerprint density at radius 3 is 2.40 bits per heavy atom. The number of nitriles is 1. The Labute approximate surface area is 113 Å². The summed E-state index contributed by atoms with van der Waals surface area (Å²) in [5.41, 5.74) is -1.17. The van der Waals surface area contributed by atoms with Crippen LogP contribution in [0.1, 0.15) is 5.69 Å². The Balaban J connectivity index is 2.50. The molecule has 2 aromatic rings. The van der Waals surface area contributed by atoms with Gasteiger partial charge in [-0.1, -0.05) is 6.07 Å². The molecule has 0 saturated heterocycles. The Bertz CT molecular complexity index is 780. The number of rotatable bonds is 3. The number of anilines is 1. The second-order valence-electron chi connectivity index (χ2n) is 3.66. The van der Waals surface area contributed by atoms with Crippen LogP contribution in [0.4, 0.5) is 14.5 Å². The maximum atomic E-state index is 13.4. The summed E-state index contributed by atoms with van der Waals surface area (Å²) in [6, 6.07) is 6.94. The topological polar surface area (TPSA) is 82.8 Å². The molecule has 0 amide bonds. The molecule has 0 bridgehead atoms. The van der Waals surface area contributed by atoms with E-state index in [1.165, 1.54) is 12.3 Å². The Kier molecular flexibility index (Phi) is 3.63. The molecule has 5 nitrogen and oxygen atoms in total. The number of sulfonamides is 1. The van der Waals surface area contributed by atoms with E-state index in [1.54, 1.807) is 10.8 Å². The molecule has 0 saturated carbocycles. The summed E-state index contributed by atoms with van der Waals surface area (Å²) in [6.07, 6.45) is 1.24. The van der Waals surface area contributed by atoms with Crippen molar-refractivity contribution >= 4 is 15.7 Å². The molecule has 1 aromatic heterocycles. The standard InChI is InChI=1S/C12H7F2N3O2S/c13-8-3-1-4-9(14)12(8)17-20(18,19)11-5-2-6-16-10(11)7-15/h1-6,17H. The van der Waals surface area contributed by atoms with Crippen LogP contribution in [0.15, 0.2) is 41.4 Å². The van der Waals surface area contributed by atoms with E-state index in [0.717, 1.165) is 24.3 Å². The van der Waals surface area contributed by atoms with Gasteiger partial charge in [-0.25, -0.2) is 22.2 Å². The van der Waals surface area contributed by atoms with Gasteiger partial charge < -0.3 is 0 Å². The van der Waals surface area contributed by atoms with E-state index in [9.17, 15) is 17.2 Å². The smallest absolute Gasteiger partial charge is 0.264 e. The Morgan fingerprint density at radius 1 is 1.15 bits per heavy atom. The van der Waals surface area contributed by atoms with Crippen LogP contribution in [0.3, 0.4) is 0 Å². The lowest BCUT2D eigenvalue weighted by atomic mass is 10.3. The second kappa shape index (κ2) is 5.22. The molecular weight excluding hydrogens is 288 g/mol. The van der Waals surface area contributed by atoms with Crippen molar-refractivity contribution in [1.29, 1.82) is 5.26 Å². The third kappa shape index (κ3) is 2.57.